The zero-order chi connectivity index (χ0) is 14.6. The third-order valence-electron chi connectivity index (χ3n) is 3.59. The number of piperidine rings is 1. The molecule has 2 unspecified atom stereocenters. The van der Waals surface area contributed by atoms with E-state index < -0.39 is 17.7 Å². The van der Waals surface area contributed by atoms with E-state index in [4.69, 9.17) is 5.73 Å². The summed E-state index contributed by atoms with van der Waals surface area (Å²) in [4.78, 5) is 38.3. The third kappa shape index (κ3) is 3.53. The van der Waals surface area contributed by atoms with E-state index in [9.17, 15) is 14.4 Å². The molecular formula is C13H23N3O3. The van der Waals surface area contributed by atoms with Crippen LogP contribution >= 0.6 is 0 Å². The Kier molecular flexibility index (Phi) is 5.47. The van der Waals surface area contributed by atoms with Gasteiger partial charge in [0.1, 0.15) is 0 Å². The second-order valence-corrected chi connectivity index (χ2v) is 5.11. The summed E-state index contributed by atoms with van der Waals surface area (Å²) in [7, 11) is 0. The maximum Gasteiger partial charge on any atom is 0.318 e. The molecule has 0 aromatic heterocycles. The molecule has 19 heavy (non-hydrogen) atoms. The van der Waals surface area contributed by atoms with Gasteiger partial charge in [-0.3, -0.25) is 19.3 Å². The van der Waals surface area contributed by atoms with Crippen LogP contribution in [0.3, 0.4) is 0 Å². The zero-order valence-corrected chi connectivity index (χ0v) is 11.9. The highest BCUT2D eigenvalue weighted by atomic mass is 16.2. The Labute approximate surface area is 113 Å². The van der Waals surface area contributed by atoms with Crippen molar-refractivity contribution < 1.29 is 14.4 Å². The minimum Gasteiger partial charge on any atom is -0.329 e. The first-order valence-corrected chi connectivity index (χ1v) is 6.75. The van der Waals surface area contributed by atoms with Gasteiger partial charge in [0.25, 0.3) is 0 Å². The summed E-state index contributed by atoms with van der Waals surface area (Å²) in [6, 6.07) is 0.0683. The van der Waals surface area contributed by atoms with E-state index in [1.54, 1.807) is 4.90 Å². The van der Waals surface area contributed by atoms with E-state index in [2.05, 4.69) is 0 Å². The maximum absolute atomic E-state index is 12.3. The van der Waals surface area contributed by atoms with E-state index in [0.29, 0.717) is 0 Å². The van der Waals surface area contributed by atoms with Crippen LogP contribution in [-0.4, -0.2) is 52.7 Å². The van der Waals surface area contributed by atoms with Crippen molar-refractivity contribution in [2.45, 2.75) is 52.1 Å². The molecular weight excluding hydrogens is 246 g/mol. The monoisotopic (exact) mass is 269 g/mol. The van der Waals surface area contributed by atoms with Gasteiger partial charge in [0, 0.05) is 32.1 Å². The summed E-state index contributed by atoms with van der Waals surface area (Å²) in [6.07, 6.45) is 2.83. The van der Waals surface area contributed by atoms with Gasteiger partial charge in [-0.2, -0.15) is 0 Å². The lowest BCUT2D eigenvalue weighted by Crippen LogP contribution is -2.55. The van der Waals surface area contributed by atoms with Crippen molar-refractivity contribution in [3.8, 4) is 0 Å². The van der Waals surface area contributed by atoms with Crippen molar-refractivity contribution in [1.29, 1.82) is 0 Å². The summed E-state index contributed by atoms with van der Waals surface area (Å²) in [6.45, 7) is 5.37. The van der Waals surface area contributed by atoms with E-state index in [-0.39, 0.29) is 25.2 Å². The first kappa shape index (κ1) is 15.6. The number of carbonyl (C=O) groups is 3. The molecule has 3 amide bonds. The Bertz CT molecular complexity index is 360. The van der Waals surface area contributed by atoms with Crippen molar-refractivity contribution in [3.05, 3.63) is 0 Å². The van der Waals surface area contributed by atoms with Crippen LogP contribution in [0.2, 0.25) is 0 Å². The van der Waals surface area contributed by atoms with Gasteiger partial charge in [-0.25, -0.2) is 0 Å². The molecule has 0 aromatic carbocycles. The average molecular weight is 269 g/mol. The van der Waals surface area contributed by atoms with Crippen molar-refractivity contribution in [1.82, 2.24) is 9.80 Å². The smallest absolute Gasteiger partial charge is 0.318 e. The predicted molar refractivity (Wildman–Crippen MR) is 71.1 cm³/mol. The minimum atomic E-state index is -0.765. The average Bonchev–Trinajstić information content (AvgIpc) is 2.34. The van der Waals surface area contributed by atoms with Gasteiger partial charge in [0.15, 0.2) is 0 Å². The Morgan fingerprint density at radius 3 is 2.16 bits per heavy atom. The maximum atomic E-state index is 12.3. The number of nitrogens with zero attached hydrogens (tertiary/aromatic N) is 2. The Morgan fingerprint density at radius 1 is 1.21 bits per heavy atom. The summed E-state index contributed by atoms with van der Waals surface area (Å²) >= 11 is 0. The normalized spacial score (nSPS) is 23.1. The van der Waals surface area contributed by atoms with Crippen molar-refractivity contribution in [2.75, 3.05) is 13.1 Å². The number of imide groups is 1. The quantitative estimate of drug-likeness (QED) is 0.721. The lowest BCUT2D eigenvalue weighted by atomic mass is 9.97. The molecule has 0 bridgehead atoms. The molecule has 1 aliphatic heterocycles. The van der Waals surface area contributed by atoms with Gasteiger partial charge in [-0.05, 0) is 33.1 Å². The number of carbonyl (C=O) groups excluding carboxylic acids is 3. The molecule has 2 N–H and O–H groups in total. The molecule has 1 heterocycles. The third-order valence-corrected chi connectivity index (χ3v) is 3.59. The zero-order valence-electron chi connectivity index (χ0n) is 11.9. The van der Waals surface area contributed by atoms with Crippen LogP contribution in [0, 0.1) is 0 Å². The highest BCUT2D eigenvalue weighted by Gasteiger charge is 2.35. The summed E-state index contributed by atoms with van der Waals surface area (Å²) < 4.78 is 0. The first-order valence-electron chi connectivity index (χ1n) is 6.75. The van der Waals surface area contributed by atoms with E-state index in [1.165, 1.54) is 6.92 Å². The lowest BCUT2D eigenvalue weighted by molar-refractivity contribution is -0.159. The molecule has 0 saturated carbocycles. The number of amides is 3. The van der Waals surface area contributed by atoms with Crippen LogP contribution in [-0.2, 0) is 14.4 Å². The van der Waals surface area contributed by atoms with Crippen LogP contribution in [0.1, 0.15) is 40.0 Å². The Morgan fingerprint density at radius 2 is 1.74 bits per heavy atom. The standard InChI is InChI=1S/C13H23N3O3/c1-9-5-4-6-10(2)16(9)13(19)12(18)15(8-7-14)11(3)17/h9-10H,4-8,14H2,1-3H3. The predicted octanol–water partition coefficient (Wildman–Crippen LogP) is 0.110. The minimum absolute atomic E-state index is 0.0342. The Balaban J connectivity index is 2.84. The number of hydrogen-bond donors (Lipinski definition) is 1. The van der Waals surface area contributed by atoms with Crippen molar-refractivity contribution in [2.24, 2.45) is 5.73 Å². The second-order valence-electron chi connectivity index (χ2n) is 5.11. The van der Waals surface area contributed by atoms with E-state index >= 15 is 0 Å². The fraction of sp³-hybridized carbons (Fsp3) is 0.769. The number of rotatable bonds is 2. The van der Waals surface area contributed by atoms with Crippen LogP contribution in [0.4, 0.5) is 0 Å². The largest absolute Gasteiger partial charge is 0.329 e. The fourth-order valence-corrected chi connectivity index (χ4v) is 2.58. The van der Waals surface area contributed by atoms with Gasteiger partial charge in [-0.1, -0.05) is 0 Å². The highest BCUT2D eigenvalue weighted by Crippen LogP contribution is 2.22. The number of hydrogen-bond acceptors (Lipinski definition) is 4. The van der Waals surface area contributed by atoms with E-state index in [1.807, 2.05) is 13.8 Å². The summed E-state index contributed by atoms with van der Waals surface area (Å²) in [5.41, 5.74) is 5.37. The van der Waals surface area contributed by atoms with Crippen LogP contribution in [0.25, 0.3) is 0 Å². The van der Waals surface area contributed by atoms with Gasteiger partial charge in [0.05, 0.1) is 0 Å². The topological polar surface area (TPSA) is 83.7 Å². The van der Waals surface area contributed by atoms with Gasteiger partial charge in [0.2, 0.25) is 5.91 Å². The molecule has 6 nitrogen and oxygen atoms in total. The first-order chi connectivity index (χ1) is 8.90. The van der Waals surface area contributed by atoms with Gasteiger partial charge in [-0.15, -0.1) is 0 Å². The van der Waals surface area contributed by atoms with Crippen molar-refractivity contribution in [3.63, 3.8) is 0 Å². The molecule has 1 rings (SSSR count). The van der Waals surface area contributed by atoms with Gasteiger partial charge < -0.3 is 10.6 Å². The summed E-state index contributed by atoms with van der Waals surface area (Å²) in [5, 5.41) is 0. The molecule has 1 aliphatic rings. The van der Waals surface area contributed by atoms with Crippen LogP contribution in [0.15, 0.2) is 0 Å². The number of likely N-dealkylation sites (tertiary alicyclic amines) is 1. The van der Waals surface area contributed by atoms with Crippen LogP contribution in [0.5, 0.6) is 0 Å². The van der Waals surface area contributed by atoms with Crippen LogP contribution < -0.4 is 5.73 Å². The fourth-order valence-electron chi connectivity index (χ4n) is 2.58. The van der Waals surface area contributed by atoms with Crippen molar-refractivity contribution >= 4 is 17.7 Å². The number of nitrogens with two attached hydrogens (primary N) is 1. The molecule has 6 heteroatoms. The molecule has 0 radical (unpaired) electrons. The molecule has 0 aromatic rings. The molecule has 2 atom stereocenters. The van der Waals surface area contributed by atoms with Gasteiger partial charge >= 0.3 is 11.8 Å². The molecule has 0 spiro atoms. The molecule has 0 aliphatic carbocycles. The van der Waals surface area contributed by atoms with E-state index in [0.717, 1.165) is 24.2 Å². The lowest BCUT2D eigenvalue weighted by Gasteiger charge is -2.39. The Hall–Kier alpha value is -1.43. The highest BCUT2D eigenvalue weighted by molar-refractivity contribution is 6.37. The summed E-state index contributed by atoms with van der Waals surface area (Å²) in [5.74, 6) is -1.80. The molecule has 1 saturated heterocycles. The SMILES string of the molecule is CC(=O)N(CCN)C(=O)C(=O)N1C(C)CCCC1C. The molecule has 108 valence electrons. The second kappa shape index (κ2) is 6.65. The molecule has 1 fully saturated rings.